The number of methoxy groups -OCH3 is 1. The second-order valence-electron chi connectivity index (χ2n) is 8.46. The number of aromatic nitrogens is 1. The van der Waals surface area contributed by atoms with Gasteiger partial charge in [-0.3, -0.25) is 9.36 Å². The molecule has 0 bridgehead atoms. The van der Waals surface area contributed by atoms with Crippen LogP contribution in [-0.4, -0.2) is 30.9 Å². The number of fused-ring (bicyclic) bond motifs is 1. The SMILES string of the molecule is CCOc1ccc([C@H]2C(C(=O)OC)=CN=c3s/c(=C\c4ccc(-c5cccc(Cl)c5)o4)c(=O)n32)cc1OCC. The van der Waals surface area contributed by atoms with Crippen LogP contribution in [0, 0.1) is 0 Å². The Morgan fingerprint density at radius 2 is 1.90 bits per heavy atom. The third-order valence-corrected chi connectivity index (χ3v) is 7.25. The second kappa shape index (κ2) is 11.3. The average molecular weight is 565 g/mol. The van der Waals surface area contributed by atoms with Crippen molar-refractivity contribution in [3.63, 3.8) is 0 Å². The molecule has 200 valence electrons. The molecule has 39 heavy (non-hydrogen) atoms. The van der Waals surface area contributed by atoms with Gasteiger partial charge < -0.3 is 18.6 Å². The van der Waals surface area contributed by atoms with E-state index < -0.39 is 12.0 Å². The van der Waals surface area contributed by atoms with Gasteiger partial charge in [-0.05, 0) is 55.8 Å². The molecule has 10 heteroatoms. The molecule has 0 unspecified atom stereocenters. The summed E-state index contributed by atoms with van der Waals surface area (Å²) in [6, 6.07) is 15.5. The summed E-state index contributed by atoms with van der Waals surface area (Å²) in [6.07, 6.45) is 3.12. The first-order chi connectivity index (χ1) is 18.9. The first-order valence-electron chi connectivity index (χ1n) is 12.3. The standard InChI is InChI=1S/C29H25ClN2O6S/c1-4-36-23-11-9-18(14-24(23)37-5-2)26-21(28(34)35-3)16-31-29-32(26)27(33)25(39-29)15-20-10-12-22(38-20)17-7-6-8-19(30)13-17/h6-16,26H,4-5H2,1-3H3/b25-15-/t26-/m0/s1. The third-order valence-electron chi connectivity index (χ3n) is 6.02. The van der Waals surface area contributed by atoms with E-state index in [1.54, 1.807) is 42.5 Å². The molecular formula is C29H25ClN2O6S. The van der Waals surface area contributed by atoms with E-state index in [1.165, 1.54) is 29.2 Å². The summed E-state index contributed by atoms with van der Waals surface area (Å²) in [5, 5.41) is 0.599. The fraction of sp³-hybridized carbons (Fsp3) is 0.207. The van der Waals surface area contributed by atoms with Crippen LogP contribution in [0.3, 0.4) is 0 Å². The molecule has 3 heterocycles. The van der Waals surface area contributed by atoms with Crippen LogP contribution in [0.15, 0.2) is 80.6 Å². The van der Waals surface area contributed by atoms with Crippen molar-refractivity contribution < 1.29 is 23.4 Å². The minimum Gasteiger partial charge on any atom is -0.490 e. The van der Waals surface area contributed by atoms with Gasteiger partial charge in [0.05, 0.1) is 36.5 Å². The quantitative estimate of drug-likeness (QED) is 0.287. The number of thiazole rings is 1. The summed E-state index contributed by atoms with van der Waals surface area (Å²) in [7, 11) is 1.30. The molecule has 5 rings (SSSR count). The second-order valence-corrected chi connectivity index (χ2v) is 9.91. The first kappa shape index (κ1) is 26.5. The van der Waals surface area contributed by atoms with Gasteiger partial charge in [0.15, 0.2) is 16.3 Å². The van der Waals surface area contributed by atoms with Crippen molar-refractivity contribution in [1.29, 1.82) is 0 Å². The van der Waals surface area contributed by atoms with Crippen molar-refractivity contribution in [2.45, 2.75) is 19.9 Å². The summed E-state index contributed by atoms with van der Waals surface area (Å²) in [4.78, 5) is 31.4. The summed E-state index contributed by atoms with van der Waals surface area (Å²) in [5.41, 5.74) is 1.39. The molecule has 0 amide bonds. The van der Waals surface area contributed by atoms with Crippen LogP contribution >= 0.6 is 22.9 Å². The van der Waals surface area contributed by atoms with E-state index in [2.05, 4.69) is 4.99 Å². The number of furan rings is 1. The summed E-state index contributed by atoms with van der Waals surface area (Å²) < 4.78 is 24.4. The van der Waals surface area contributed by atoms with Gasteiger partial charge in [-0.1, -0.05) is 41.1 Å². The van der Waals surface area contributed by atoms with Crippen LogP contribution in [0.4, 0.5) is 0 Å². The zero-order valence-electron chi connectivity index (χ0n) is 21.5. The molecular weight excluding hydrogens is 540 g/mol. The molecule has 0 saturated heterocycles. The van der Waals surface area contributed by atoms with Crippen LogP contribution in [0.1, 0.15) is 31.2 Å². The van der Waals surface area contributed by atoms with Crippen LogP contribution in [-0.2, 0) is 9.53 Å². The highest BCUT2D eigenvalue weighted by atomic mass is 35.5. The zero-order chi connectivity index (χ0) is 27.5. The number of carbonyl (C=O) groups excluding carboxylic acids is 1. The Hall–Kier alpha value is -4.08. The largest absolute Gasteiger partial charge is 0.490 e. The van der Waals surface area contributed by atoms with E-state index in [1.807, 2.05) is 32.0 Å². The highest BCUT2D eigenvalue weighted by molar-refractivity contribution is 7.07. The van der Waals surface area contributed by atoms with E-state index >= 15 is 0 Å². The van der Waals surface area contributed by atoms with E-state index in [0.717, 1.165) is 5.56 Å². The predicted octanol–water partition coefficient (Wildman–Crippen LogP) is 4.73. The Morgan fingerprint density at radius 3 is 2.64 bits per heavy atom. The number of esters is 1. The predicted molar refractivity (Wildman–Crippen MR) is 149 cm³/mol. The van der Waals surface area contributed by atoms with Crippen LogP contribution in [0.25, 0.3) is 17.4 Å². The lowest BCUT2D eigenvalue weighted by molar-refractivity contribution is -0.136. The van der Waals surface area contributed by atoms with Crippen molar-refractivity contribution in [2.24, 2.45) is 4.99 Å². The maximum Gasteiger partial charge on any atom is 0.337 e. The molecule has 2 aromatic carbocycles. The van der Waals surface area contributed by atoms with E-state index in [9.17, 15) is 9.59 Å². The molecule has 1 atom stereocenters. The smallest absolute Gasteiger partial charge is 0.337 e. The molecule has 8 nitrogen and oxygen atoms in total. The van der Waals surface area contributed by atoms with Gasteiger partial charge in [-0.25, -0.2) is 9.79 Å². The molecule has 0 aliphatic carbocycles. The number of ether oxygens (including phenoxy) is 3. The highest BCUT2D eigenvalue weighted by Crippen LogP contribution is 2.35. The number of hydrogen-bond donors (Lipinski definition) is 0. The maximum absolute atomic E-state index is 13.7. The van der Waals surface area contributed by atoms with Gasteiger partial charge in [0.2, 0.25) is 0 Å². The number of rotatable bonds is 8. The fourth-order valence-electron chi connectivity index (χ4n) is 4.34. The molecule has 0 radical (unpaired) electrons. The molecule has 1 aliphatic heterocycles. The average Bonchev–Trinajstić information content (AvgIpc) is 3.53. The molecule has 2 aromatic heterocycles. The van der Waals surface area contributed by atoms with E-state index in [-0.39, 0.29) is 11.1 Å². The molecule has 0 spiro atoms. The molecule has 0 saturated carbocycles. The maximum atomic E-state index is 13.7. The van der Waals surface area contributed by atoms with Gasteiger partial charge >= 0.3 is 5.97 Å². The van der Waals surface area contributed by atoms with Crippen LogP contribution in [0.5, 0.6) is 11.5 Å². The lowest BCUT2D eigenvalue weighted by Crippen LogP contribution is -2.39. The van der Waals surface area contributed by atoms with Crippen molar-refractivity contribution >= 4 is 35.0 Å². The number of hydrogen-bond acceptors (Lipinski definition) is 8. The van der Waals surface area contributed by atoms with E-state index in [4.69, 9.17) is 30.2 Å². The third kappa shape index (κ3) is 5.28. The van der Waals surface area contributed by atoms with Gasteiger partial charge in [0, 0.05) is 22.9 Å². The molecule has 0 fully saturated rings. The number of nitrogens with zero attached hydrogens (tertiary/aromatic N) is 2. The van der Waals surface area contributed by atoms with Gasteiger partial charge in [0.1, 0.15) is 11.5 Å². The van der Waals surface area contributed by atoms with E-state index in [0.29, 0.717) is 56.2 Å². The molecule has 4 aromatic rings. The first-order valence-corrected chi connectivity index (χ1v) is 13.5. The van der Waals surface area contributed by atoms with Gasteiger partial charge in [-0.2, -0.15) is 0 Å². The minimum absolute atomic E-state index is 0.226. The summed E-state index contributed by atoms with van der Waals surface area (Å²) in [6.45, 7) is 4.65. The van der Waals surface area contributed by atoms with Crippen molar-refractivity contribution in [2.75, 3.05) is 20.3 Å². The fourth-order valence-corrected chi connectivity index (χ4v) is 5.48. The number of halogens is 1. The topological polar surface area (TPSA) is 92.3 Å². The van der Waals surface area contributed by atoms with Crippen LogP contribution < -0.4 is 24.4 Å². The zero-order valence-corrected chi connectivity index (χ0v) is 23.0. The monoisotopic (exact) mass is 564 g/mol. The van der Waals surface area contributed by atoms with Gasteiger partial charge in [0.25, 0.3) is 5.56 Å². The van der Waals surface area contributed by atoms with Crippen molar-refractivity contribution in [1.82, 2.24) is 4.57 Å². The van der Waals surface area contributed by atoms with Crippen molar-refractivity contribution in [3.8, 4) is 22.8 Å². The Labute approximate surface area is 233 Å². The minimum atomic E-state index is -0.774. The van der Waals surface area contributed by atoms with Crippen LogP contribution in [0.2, 0.25) is 5.02 Å². The lowest BCUT2D eigenvalue weighted by atomic mass is 9.97. The molecule has 1 aliphatic rings. The normalized spacial score (nSPS) is 14.8. The lowest BCUT2D eigenvalue weighted by Gasteiger charge is -2.23. The summed E-state index contributed by atoms with van der Waals surface area (Å²) in [5.74, 6) is 1.64. The van der Waals surface area contributed by atoms with Gasteiger partial charge in [-0.15, -0.1) is 0 Å². The Morgan fingerprint density at radius 1 is 1.10 bits per heavy atom. The Kier molecular flexibility index (Phi) is 7.72. The Balaban J connectivity index is 1.61. The number of carbonyl (C=O) groups is 1. The van der Waals surface area contributed by atoms with Crippen molar-refractivity contribution in [3.05, 3.63) is 102 Å². The summed E-state index contributed by atoms with van der Waals surface area (Å²) >= 11 is 7.32. The molecule has 0 N–H and O–H groups in total. The number of benzene rings is 2. The Bertz CT molecular complexity index is 1750. The highest BCUT2D eigenvalue weighted by Gasteiger charge is 2.31.